The van der Waals surface area contributed by atoms with Crippen LogP contribution < -0.4 is 5.43 Å². The van der Waals surface area contributed by atoms with Gasteiger partial charge in [-0.3, -0.25) is 15.0 Å². The zero-order valence-corrected chi connectivity index (χ0v) is 12.0. The van der Waals surface area contributed by atoms with E-state index in [0.29, 0.717) is 13.0 Å². The zero-order chi connectivity index (χ0) is 14.4. The van der Waals surface area contributed by atoms with E-state index >= 15 is 0 Å². The third kappa shape index (κ3) is 4.20. The average Bonchev–Trinajstić information content (AvgIpc) is 2.91. The highest BCUT2D eigenvalue weighted by molar-refractivity contribution is 7.10. The monoisotopic (exact) mass is 288 g/mol. The van der Waals surface area contributed by atoms with Gasteiger partial charge in [-0.25, -0.2) is 5.01 Å². The number of hydrogen-bond acceptors (Lipinski definition) is 3. The summed E-state index contributed by atoms with van der Waals surface area (Å²) in [5.74, 6) is -0.369. The van der Waals surface area contributed by atoms with Crippen molar-refractivity contribution in [2.75, 3.05) is 0 Å². The van der Waals surface area contributed by atoms with Gasteiger partial charge in [0.05, 0.1) is 13.0 Å². The first kappa shape index (κ1) is 14.3. The molecule has 0 atom stereocenters. The molecule has 0 aliphatic heterocycles. The quantitative estimate of drug-likeness (QED) is 0.878. The topological polar surface area (TPSA) is 49.4 Å². The maximum atomic E-state index is 12.3. The van der Waals surface area contributed by atoms with Gasteiger partial charge >= 0.3 is 0 Å². The number of hydrazine groups is 1. The van der Waals surface area contributed by atoms with E-state index in [9.17, 15) is 9.59 Å². The van der Waals surface area contributed by atoms with Crippen LogP contribution in [0.2, 0.25) is 0 Å². The van der Waals surface area contributed by atoms with Crippen LogP contribution in [0.3, 0.4) is 0 Å². The minimum atomic E-state index is -0.250. The Balaban J connectivity index is 2.06. The summed E-state index contributed by atoms with van der Waals surface area (Å²) < 4.78 is 0. The van der Waals surface area contributed by atoms with Crippen molar-refractivity contribution in [3.8, 4) is 0 Å². The number of carbonyl (C=O) groups excluding carboxylic acids is 2. The molecule has 0 fully saturated rings. The Bertz CT molecular complexity index is 567. The predicted molar refractivity (Wildman–Crippen MR) is 78.8 cm³/mol. The summed E-state index contributed by atoms with van der Waals surface area (Å²) in [7, 11) is 0. The number of thiophene rings is 1. The van der Waals surface area contributed by atoms with Gasteiger partial charge < -0.3 is 0 Å². The van der Waals surface area contributed by atoms with E-state index in [-0.39, 0.29) is 11.8 Å². The van der Waals surface area contributed by atoms with Crippen molar-refractivity contribution < 1.29 is 9.59 Å². The fraction of sp³-hybridized carbons (Fsp3) is 0.200. The Hall–Kier alpha value is -2.14. The Morgan fingerprint density at radius 3 is 2.50 bits per heavy atom. The lowest BCUT2D eigenvalue weighted by atomic mass is 10.2. The second-order valence-electron chi connectivity index (χ2n) is 4.39. The van der Waals surface area contributed by atoms with E-state index in [1.807, 2.05) is 47.8 Å². The second-order valence-corrected chi connectivity index (χ2v) is 5.42. The average molecular weight is 288 g/mol. The van der Waals surface area contributed by atoms with Crippen molar-refractivity contribution in [3.63, 3.8) is 0 Å². The highest BCUT2D eigenvalue weighted by Gasteiger charge is 2.16. The molecular weight excluding hydrogens is 272 g/mol. The van der Waals surface area contributed by atoms with E-state index in [1.165, 1.54) is 23.3 Å². The van der Waals surface area contributed by atoms with Crippen molar-refractivity contribution in [1.82, 2.24) is 10.4 Å². The maximum Gasteiger partial charge on any atom is 0.246 e. The number of benzene rings is 1. The number of amides is 2. The molecule has 0 aliphatic rings. The van der Waals surface area contributed by atoms with Gasteiger partial charge in [-0.05, 0) is 17.0 Å². The number of nitrogens with one attached hydrogen (secondary N) is 1. The first-order valence-corrected chi connectivity index (χ1v) is 7.17. The van der Waals surface area contributed by atoms with Crippen LogP contribution in [-0.2, 0) is 22.6 Å². The summed E-state index contributed by atoms with van der Waals surface area (Å²) in [4.78, 5) is 24.5. The van der Waals surface area contributed by atoms with Gasteiger partial charge in [0, 0.05) is 11.8 Å². The van der Waals surface area contributed by atoms with E-state index < -0.39 is 0 Å². The largest absolute Gasteiger partial charge is 0.274 e. The first-order chi connectivity index (χ1) is 9.65. The molecule has 0 radical (unpaired) electrons. The van der Waals surface area contributed by atoms with Crippen LogP contribution in [0, 0.1) is 0 Å². The summed E-state index contributed by atoms with van der Waals surface area (Å²) in [6.07, 6.45) is 0.296. The minimum Gasteiger partial charge on any atom is -0.274 e. The molecule has 4 nitrogen and oxygen atoms in total. The van der Waals surface area contributed by atoms with Gasteiger partial charge in [-0.2, -0.15) is 0 Å². The fourth-order valence-corrected chi connectivity index (χ4v) is 2.50. The lowest BCUT2D eigenvalue weighted by molar-refractivity contribution is -0.140. The highest BCUT2D eigenvalue weighted by Crippen LogP contribution is 2.11. The summed E-state index contributed by atoms with van der Waals surface area (Å²) in [5, 5.41) is 3.31. The van der Waals surface area contributed by atoms with E-state index in [0.717, 1.165) is 10.4 Å². The third-order valence-corrected chi connectivity index (χ3v) is 3.56. The van der Waals surface area contributed by atoms with Gasteiger partial charge in [0.2, 0.25) is 11.8 Å². The van der Waals surface area contributed by atoms with Crippen molar-refractivity contribution in [1.29, 1.82) is 0 Å². The number of nitrogens with zero attached hydrogens (tertiary/aromatic N) is 1. The highest BCUT2D eigenvalue weighted by atomic mass is 32.1. The molecule has 1 aromatic heterocycles. The Labute approximate surface area is 122 Å². The molecular formula is C15H16N2O2S. The summed E-state index contributed by atoms with van der Waals surface area (Å²) >= 11 is 1.53. The van der Waals surface area contributed by atoms with Crippen LogP contribution in [-0.4, -0.2) is 16.8 Å². The molecule has 0 spiro atoms. The molecule has 20 heavy (non-hydrogen) atoms. The molecule has 1 N–H and O–H groups in total. The lowest BCUT2D eigenvalue weighted by Crippen LogP contribution is -2.45. The molecule has 2 rings (SSSR count). The molecule has 5 heteroatoms. The number of hydrogen-bond donors (Lipinski definition) is 1. The predicted octanol–water partition coefficient (Wildman–Crippen LogP) is 2.37. The van der Waals surface area contributed by atoms with Crippen LogP contribution in [0.4, 0.5) is 0 Å². The van der Waals surface area contributed by atoms with Crippen molar-refractivity contribution in [2.45, 2.75) is 19.9 Å². The van der Waals surface area contributed by atoms with Crippen molar-refractivity contribution >= 4 is 23.2 Å². The third-order valence-electron chi connectivity index (χ3n) is 2.68. The SMILES string of the molecule is CC(=O)NN(Cc1ccccc1)C(=O)Cc1cccs1. The standard InChI is InChI=1S/C15H16N2O2S/c1-12(18)16-17(11-13-6-3-2-4-7-13)15(19)10-14-8-5-9-20-14/h2-9H,10-11H2,1H3,(H,16,18). The van der Waals surface area contributed by atoms with E-state index in [4.69, 9.17) is 0 Å². The fourth-order valence-electron chi connectivity index (χ4n) is 1.80. The number of carbonyl (C=O) groups is 2. The van der Waals surface area contributed by atoms with Gasteiger partial charge in [-0.15, -0.1) is 11.3 Å². The molecule has 0 aliphatic carbocycles. The molecule has 1 aromatic carbocycles. The van der Waals surface area contributed by atoms with Crippen LogP contribution in [0.25, 0.3) is 0 Å². The summed E-state index contributed by atoms with van der Waals surface area (Å²) in [5.41, 5.74) is 3.56. The molecule has 2 amide bonds. The summed E-state index contributed by atoms with van der Waals surface area (Å²) in [6.45, 7) is 1.76. The number of rotatable bonds is 4. The van der Waals surface area contributed by atoms with Gasteiger partial charge in [0.15, 0.2) is 0 Å². The first-order valence-electron chi connectivity index (χ1n) is 6.29. The van der Waals surface area contributed by atoms with Gasteiger partial charge in [-0.1, -0.05) is 36.4 Å². The normalized spacial score (nSPS) is 10.1. The van der Waals surface area contributed by atoms with Crippen molar-refractivity contribution in [2.24, 2.45) is 0 Å². The molecule has 0 saturated carbocycles. The smallest absolute Gasteiger partial charge is 0.246 e. The van der Waals surface area contributed by atoms with Gasteiger partial charge in [0.25, 0.3) is 0 Å². The molecule has 0 unspecified atom stereocenters. The van der Waals surface area contributed by atoms with Crippen molar-refractivity contribution in [3.05, 3.63) is 58.3 Å². The van der Waals surface area contributed by atoms with E-state index in [1.54, 1.807) is 0 Å². The molecule has 2 aromatic rings. The van der Waals surface area contributed by atoms with Gasteiger partial charge in [0.1, 0.15) is 0 Å². The van der Waals surface area contributed by atoms with Crippen LogP contribution >= 0.6 is 11.3 Å². The maximum absolute atomic E-state index is 12.3. The Morgan fingerprint density at radius 2 is 1.90 bits per heavy atom. The molecule has 0 bridgehead atoms. The van der Waals surface area contributed by atoms with Crippen LogP contribution in [0.5, 0.6) is 0 Å². The molecule has 1 heterocycles. The minimum absolute atomic E-state index is 0.119. The van der Waals surface area contributed by atoms with E-state index in [2.05, 4.69) is 5.43 Å². The lowest BCUT2D eigenvalue weighted by Gasteiger charge is -2.22. The second kappa shape index (κ2) is 6.86. The zero-order valence-electron chi connectivity index (χ0n) is 11.2. The van der Waals surface area contributed by atoms with Crippen LogP contribution in [0.15, 0.2) is 47.8 Å². The Morgan fingerprint density at radius 1 is 1.15 bits per heavy atom. The molecule has 0 saturated heterocycles. The summed E-state index contributed by atoms with van der Waals surface area (Å²) in [6, 6.07) is 13.4. The Kier molecular flexibility index (Phi) is 4.90. The molecule has 104 valence electrons. The van der Waals surface area contributed by atoms with Crippen LogP contribution in [0.1, 0.15) is 17.4 Å².